The highest BCUT2D eigenvalue weighted by atomic mass is 15.6. The molecular formula is C22H46N2. The van der Waals surface area contributed by atoms with Crippen molar-refractivity contribution in [3.8, 4) is 0 Å². The zero-order valence-corrected chi connectivity index (χ0v) is 17.2. The zero-order chi connectivity index (χ0) is 17.5. The van der Waals surface area contributed by atoms with Crippen molar-refractivity contribution < 1.29 is 0 Å². The topological polar surface area (TPSA) is 6.48 Å². The van der Waals surface area contributed by atoms with E-state index >= 15 is 0 Å². The van der Waals surface area contributed by atoms with Crippen LogP contribution in [0.2, 0.25) is 0 Å². The fraction of sp³-hybridized carbons (Fsp3) is 1.00. The maximum Gasteiger partial charge on any atom is 0.0133 e. The van der Waals surface area contributed by atoms with Gasteiger partial charge in [0.2, 0.25) is 0 Å². The number of unbranched alkanes of at least 4 members (excludes halogenated alkanes) is 4. The molecule has 0 heterocycles. The number of hydrogen-bond acceptors (Lipinski definition) is 2. The maximum atomic E-state index is 2.72. The molecule has 0 aromatic carbocycles. The lowest BCUT2D eigenvalue weighted by atomic mass is 9.86. The largest absolute Gasteiger partial charge is 0.242 e. The van der Waals surface area contributed by atoms with Crippen LogP contribution < -0.4 is 0 Å². The summed E-state index contributed by atoms with van der Waals surface area (Å²) < 4.78 is 0. The Morgan fingerprint density at radius 3 is 1.50 bits per heavy atom. The summed E-state index contributed by atoms with van der Waals surface area (Å²) in [4.78, 5) is 0. The van der Waals surface area contributed by atoms with Crippen LogP contribution in [0.15, 0.2) is 0 Å². The molecule has 0 bridgehead atoms. The lowest BCUT2D eigenvalue weighted by Gasteiger charge is -2.35. The molecule has 1 rings (SSSR count). The first kappa shape index (κ1) is 22.0. The smallest absolute Gasteiger partial charge is 0.0133 e. The lowest BCUT2D eigenvalue weighted by Crippen LogP contribution is -2.45. The van der Waals surface area contributed by atoms with E-state index in [1.54, 1.807) is 0 Å². The number of rotatable bonds is 15. The van der Waals surface area contributed by atoms with E-state index in [1.165, 1.54) is 116 Å². The molecule has 0 aliphatic heterocycles. The molecule has 0 saturated heterocycles. The molecule has 0 aromatic rings. The summed E-state index contributed by atoms with van der Waals surface area (Å²) >= 11 is 0. The van der Waals surface area contributed by atoms with Crippen LogP contribution >= 0.6 is 0 Å². The standard InChI is InChI=1S/C22H46N2/c1-4-7-18-23(19-8-5-2)24(20-9-6-3)21-14-13-17-22-15-11-10-12-16-22/h22H,4-21H2,1-3H3. The van der Waals surface area contributed by atoms with Crippen LogP contribution in [0.1, 0.15) is 111 Å². The molecular weight excluding hydrogens is 292 g/mol. The Hall–Kier alpha value is -0.0800. The first-order chi connectivity index (χ1) is 11.8. The Bertz CT molecular complexity index is 253. The van der Waals surface area contributed by atoms with Gasteiger partial charge in [0.1, 0.15) is 0 Å². The van der Waals surface area contributed by atoms with Crippen LogP contribution in [0.4, 0.5) is 0 Å². The second-order valence-electron chi connectivity index (χ2n) is 7.97. The molecule has 24 heavy (non-hydrogen) atoms. The summed E-state index contributed by atoms with van der Waals surface area (Å²) in [5, 5.41) is 5.42. The normalized spacial score (nSPS) is 16.4. The van der Waals surface area contributed by atoms with E-state index in [4.69, 9.17) is 0 Å². The van der Waals surface area contributed by atoms with E-state index < -0.39 is 0 Å². The van der Waals surface area contributed by atoms with E-state index in [2.05, 4.69) is 30.8 Å². The summed E-state index contributed by atoms with van der Waals surface area (Å²) in [5.41, 5.74) is 0. The van der Waals surface area contributed by atoms with Gasteiger partial charge in [0, 0.05) is 26.2 Å². The summed E-state index contributed by atoms with van der Waals surface area (Å²) in [6.07, 6.45) is 19.8. The van der Waals surface area contributed by atoms with Gasteiger partial charge < -0.3 is 0 Å². The van der Waals surface area contributed by atoms with Crippen LogP contribution in [0.5, 0.6) is 0 Å². The van der Waals surface area contributed by atoms with Gasteiger partial charge in [-0.05, 0) is 31.6 Å². The molecule has 1 aliphatic rings. The first-order valence-corrected chi connectivity index (χ1v) is 11.3. The third kappa shape index (κ3) is 10.0. The number of hydrazine groups is 1. The van der Waals surface area contributed by atoms with Crippen molar-refractivity contribution in [3.05, 3.63) is 0 Å². The minimum absolute atomic E-state index is 1.05. The lowest BCUT2D eigenvalue weighted by molar-refractivity contribution is -0.0301. The molecule has 2 nitrogen and oxygen atoms in total. The molecule has 0 radical (unpaired) electrons. The fourth-order valence-electron chi connectivity index (χ4n) is 4.01. The maximum absolute atomic E-state index is 2.72. The Morgan fingerprint density at radius 1 is 0.583 bits per heavy atom. The number of nitrogens with zero attached hydrogens (tertiary/aromatic N) is 2. The van der Waals surface area contributed by atoms with Crippen LogP contribution in [0.25, 0.3) is 0 Å². The molecule has 144 valence electrons. The Morgan fingerprint density at radius 2 is 1.04 bits per heavy atom. The second-order valence-corrected chi connectivity index (χ2v) is 7.97. The highest BCUT2D eigenvalue weighted by Gasteiger charge is 2.16. The van der Waals surface area contributed by atoms with Gasteiger partial charge in [-0.25, -0.2) is 10.0 Å². The Kier molecular flexibility index (Phi) is 13.9. The average molecular weight is 339 g/mol. The van der Waals surface area contributed by atoms with Crippen molar-refractivity contribution in [2.75, 3.05) is 26.2 Å². The summed E-state index contributed by atoms with van der Waals surface area (Å²) in [5.74, 6) is 1.05. The molecule has 0 aromatic heterocycles. The van der Waals surface area contributed by atoms with Crippen LogP contribution in [-0.4, -0.2) is 36.2 Å². The van der Waals surface area contributed by atoms with Crippen molar-refractivity contribution in [1.29, 1.82) is 0 Å². The van der Waals surface area contributed by atoms with Crippen molar-refractivity contribution in [2.24, 2.45) is 5.92 Å². The van der Waals surface area contributed by atoms with Gasteiger partial charge in [0.05, 0.1) is 0 Å². The molecule has 0 amide bonds. The molecule has 0 atom stereocenters. The van der Waals surface area contributed by atoms with Gasteiger partial charge in [-0.15, -0.1) is 0 Å². The van der Waals surface area contributed by atoms with Crippen molar-refractivity contribution in [1.82, 2.24) is 10.0 Å². The molecule has 1 fully saturated rings. The van der Waals surface area contributed by atoms with Gasteiger partial charge in [-0.3, -0.25) is 0 Å². The third-order valence-corrected chi connectivity index (χ3v) is 5.71. The highest BCUT2D eigenvalue weighted by molar-refractivity contribution is 4.67. The minimum Gasteiger partial charge on any atom is -0.242 e. The third-order valence-electron chi connectivity index (χ3n) is 5.71. The monoisotopic (exact) mass is 338 g/mol. The molecule has 0 unspecified atom stereocenters. The summed E-state index contributed by atoms with van der Waals surface area (Å²) in [7, 11) is 0. The minimum atomic E-state index is 1.05. The van der Waals surface area contributed by atoms with Gasteiger partial charge in [0.15, 0.2) is 0 Å². The molecule has 1 saturated carbocycles. The van der Waals surface area contributed by atoms with Gasteiger partial charge in [0.25, 0.3) is 0 Å². The van der Waals surface area contributed by atoms with Gasteiger partial charge >= 0.3 is 0 Å². The highest BCUT2D eigenvalue weighted by Crippen LogP contribution is 2.27. The SMILES string of the molecule is CCCCN(CCCC)N(CCCC)CCCCC1CCCCC1. The molecule has 0 spiro atoms. The Labute approximate surface area is 153 Å². The van der Waals surface area contributed by atoms with Crippen LogP contribution in [-0.2, 0) is 0 Å². The zero-order valence-electron chi connectivity index (χ0n) is 17.2. The molecule has 1 aliphatic carbocycles. The van der Waals surface area contributed by atoms with E-state index in [9.17, 15) is 0 Å². The summed E-state index contributed by atoms with van der Waals surface area (Å²) in [6, 6.07) is 0. The Balaban J connectivity index is 2.35. The average Bonchev–Trinajstić information content (AvgIpc) is 2.62. The van der Waals surface area contributed by atoms with E-state index in [0.29, 0.717) is 0 Å². The molecule has 2 heteroatoms. The van der Waals surface area contributed by atoms with Gasteiger partial charge in [-0.2, -0.15) is 0 Å². The van der Waals surface area contributed by atoms with Gasteiger partial charge in [-0.1, -0.05) is 85.0 Å². The van der Waals surface area contributed by atoms with E-state index in [-0.39, 0.29) is 0 Å². The first-order valence-electron chi connectivity index (χ1n) is 11.3. The number of hydrogen-bond donors (Lipinski definition) is 0. The van der Waals surface area contributed by atoms with Crippen LogP contribution in [0.3, 0.4) is 0 Å². The quantitative estimate of drug-likeness (QED) is 0.243. The van der Waals surface area contributed by atoms with E-state index in [0.717, 1.165) is 5.92 Å². The van der Waals surface area contributed by atoms with Crippen LogP contribution in [0, 0.1) is 5.92 Å². The fourth-order valence-corrected chi connectivity index (χ4v) is 4.01. The second kappa shape index (κ2) is 15.2. The van der Waals surface area contributed by atoms with Crippen molar-refractivity contribution in [3.63, 3.8) is 0 Å². The van der Waals surface area contributed by atoms with E-state index in [1.807, 2.05) is 0 Å². The van der Waals surface area contributed by atoms with Crippen molar-refractivity contribution >= 4 is 0 Å². The van der Waals surface area contributed by atoms with Crippen molar-refractivity contribution in [2.45, 2.75) is 111 Å². The molecule has 0 N–H and O–H groups in total. The summed E-state index contributed by atoms with van der Waals surface area (Å²) in [6.45, 7) is 12.1. The predicted molar refractivity (Wildman–Crippen MR) is 108 cm³/mol. The predicted octanol–water partition coefficient (Wildman–Crippen LogP) is 6.66.